The number of carbonyl (C=O) groups excluding carboxylic acids is 2. The van der Waals surface area contributed by atoms with E-state index in [1.54, 1.807) is 0 Å². The molecule has 2 amide bonds. The standard InChI is InChI=1S/C14H26N4O2/c1-3-17(4-2)13(19)6-5-11-8-16-14(20)12-7-10(15)9-18(11)12/h10-12H,3-9,15H2,1-2H3,(H,16,20)/t10-,11+,12-/m0/s1. The molecule has 0 aromatic rings. The van der Waals surface area contributed by atoms with Gasteiger partial charge in [0.25, 0.3) is 0 Å². The van der Waals surface area contributed by atoms with Crippen LogP contribution in [-0.2, 0) is 9.59 Å². The Morgan fingerprint density at radius 3 is 2.80 bits per heavy atom. The van der Waals surface area contributed by atoms with Crippen LogP contribution < -0.4 is 11.1 Å². The average molecular weight is 282 g/mol. The van der Waals surface area contributed by atoms with Gasteiger partial charge in [0.05, 0.1) is 6.04 Å². The highest BCUT2D eigenvalue weighted by molar-refractivity contribution is 5.83. The Hall–Kier alpha value is -1.14. The Labute approximate surface area is 120 Å². The summed E-state index contributed by atoms with van der Waals surface area (Å²) in [6, 6.07) is 0.225. The lowest BCUT2D eigenvalue weighted by Gasteiger charge is -2.37. The first-order valence-electron chi connectivity index (χ1n) is 7.63. The molecule has 2 heterocycles. The fourth-order valence-corrected chi connectivity index (χ4v) is 3.30. The number of rotatable bonds is 5. The second kappa shape index (κ2) is 6.54. The van der Waals surface area contributed by atoms with Gasteiger partial charge < -0.3 is 16.0 Å². The maximum Gasteiger partial charge on any atom is 0.237 e. The number of nitrogens with one attached hydrogen (secondary N) is 1. The molecule has 0 aromatic heterocycles. The summed E-state index contributed by atoms with van der Waals surface area (Å²) in [7, 11) is 0. The third kappa shape index (κ3) is 3.12. The van der Waals surface area contributed by atoms with E-state index in [1.165, 1.54) is 0 Å². The minimum absolute atomic E-state index is 0.0739. The molecule has 0 aromatic carbocycles. The Bertz CT molecular complexity index is 370. The van der Waals surface area contributed by atoms with Gasteiger partial charge in [-0.05, 0) is 26.7 Å². The lowest BCUT2D eigenvalue weighted by molar-refractivity contribution is -0.132. The van der Waals surface area contributed by atoms with Crippen LogP contribution in [0.1, 0.15) is 33.1 Å². The topological polar surface area (TPSA) is 78.7 Å². The average Bonchev–Trinajstić information content (AvgIpc) is 2.82. The molecule has 0 bridgehead atoms. The van der Waals surface area contributed by atoms with Crippen LogP contribution in [0.25, 0.3) is 0 Å². The summed E-state index contributed by atoms with van der Waals surface area (Å²) < 4.78 is 0. The molecule has 2 aliphatic heterocycles. The van der Waals surface area contributed by atoms with Gasteiger partial charge in [-0.25, -0.2) is 0 Å². The molecule has 6 heteroatoms. The second-order valence-electron chi connectivity index (χ2n) is 5.71. The summed E-state index contributed by atoms with van der Waals surface area (Å²) in [6.45, 7) is 6.91. The second-order valence-corrected chi connectivity index (χ2v) is 5.71. The first-order valence-corrected chi connectivity index (χ1v) is 7.63. The normalized spacial score (nSPS) is 29.9. The van der Waals surface area contributed by atoms with Crippen LogP contribution in [0.2, 0.25) is 0 Å². The van der Waals surface area contributed by atoms with E-state index in [-0.39, 0.29) is 29.9 Å². The number of amides is 2. The third-order valence-corrected chi connectivity index (χ3v) is 4.46. The van der Waals surface area contributed by atoms with Crippen molar-refractivity contribution in [3.8, 4) is 0 Å². The van der Waals surface area contributed by atoms with Gasteiger partial charge in [0.1, 0.15) is 0 Å². The van der Waals surface area contributed by atoms with Crippen LogP contribution in [0.4, 0.5) is 0 Å². The Morgan fingerprint density at radius 2 is 2.15 bits per heavy atom. The Kier molecular flexibility index (Phi) is 4.99. The summed E-state index contributed by atoms with van der Waals surface area (Å²) >= 11 is 0. The van der Waals surface area contributed by atoms with Gasteiger partial charge in [-0.2, -0.15) is 0 Å². The third-order valence-electron chi connectivity index (χ3n) is 4.46. The van der Waals surface area contributed by atoms with Gasteiger partial charge in [0.2, 0.25) is 11.8 Å². The van der Waals surface area contributed by atoms with Crippen LogP contribution in [0, 0.1) is 0 Å². The molecule has 0 unspecified atom stereocenters. The molecule has 3 atom stereocenters. The fourth-order valence-electron chi connectivity index (χ4n) is 3.30. The Balaban J connectivity index is 1.89. The predicted octanol–water partition coefficient (Wildman–Crippen LogP) is -0.465. The zero-order chi connectivity index (χ0) is 14.7. The molecule has 0 aliphatic carbocycles. The maximum atomic E-state index is 12.1. The minimum Gasteiger partial charge on any atom is -0.353 e. The predicted molar refractivity (Wildman–Crippen MR) is 77.0 cm³/mol. The van der Waals surface area contributed by atoms with Gasteiger partial charge in [0, 0.05) is 44.7 Å². The van der Waals surface area contributed by atoms with E-state index >= 15 is 0 Å². The molecule has 114 valence electrons. The van der Waals surface area contributed by atoms with Gasteiger partial charge in [0.15, 0.2) is 0 Å². The van der Waals surface area contributed by atoms with Gasteiger partial charge in [-0.1, -0.05) is 0 Å². The van der Waals surface area contributed by atoms with Gasteiger partial charge in [-0.3, -0.25) is 14.5 Å². The zero-order valence-electron chi connectivity index (χ0n) is 12.5. The molecule has 2 saturated heterocycles. The van der Waals surface area contributed by atoms with E-state index in [2.05, 4.69) is 10.2 Å². The van der Waals surface area contributed by atoms with E-state index in [0.717, 1.165) is 32.5 Å². The van der Waals surface area contributed by atoms with Crippen LogP contribution in [0.5, 0.6) is 0 Å². The van der Waals surface area contributed by atoms with Crippen LogP contribution in [0.15, 0.2) is 0 Å². The lowest BCUT2D eigenvalue weighted by atomic mass is 10.0. The van der Waals surface area contributed by atoms with Crippen LogP contribution in [-0.4, -0.2) is 65.9 Å². The highest BCUT2D eigenvalue weighted by Gasteiger charge is 2.42. The van der Waals surface area contributed by atoms with E-state index in [1.807, 2.05) is 18.7 Å². The fraction of sp³-hybridized carbons (Fsp3) is 0.857. The first-order chi connectivity index (χ1) is 9.56. The number of carbonyl (C=O) groups is 2. The van der Waals surface area contributed by atoms with Crippen molar-refractivity contribution in [3.05, 3.63) is 0 Å². The number of fused-ring (bicyclic) bond motifs is 1. The zero-order valence-corrected chi connectivity index (χ0v) is 12.5. The van der Waals surface area contributed by atoms with Crippen molar-refractivity contribution in [1.29, 1.82) is 0 Å². The van der Waals surface area contributed by atoms with E-state index in [4.69, 9.17) is 5.73 Å². The molecule has 6 nitrogen and oxygen atoms in total. The number of piperazine rings is 1. The summed E-state index contributed by atoms with van der Waals surface area (Å²) in [5, 5.41) is 2.94. The molecular formula is C14H26N4O2. The van der Waals surface area contributed by atoms with Crippen molar-refractivity contribution in [2.75, 3.05) is 26.2 Å². The molecule has 20 heavy (non-hydrogen) atoms. The van der Waals surface area contributed by atoms with Crippen molar-refractivity contribution in [2.24, 2.45) is 5.73 Å². The highest BCUT2D eigenvalue weighted by atomic mass is 16.2. The van der Waals surface area contributed by atoms with Crippen LogP contribution in [0.3, 0.4) is 0 Å². The summed E-state index contributed by atoms with van der Waals surface area (Å²) in [5.74, 6) is 0.288. The molecule has 2 rings (SSSR count). The van der Waals surface area contributed by atoms with Crippen molar-refractivity contribution in [2.45, 2.75) is 51.2 Å². The lowest BCUT2D eigenvalue weighted by Crippen LogP contribution is -2.58. The summed E-state index contributed by atoms with van der Waals surface area (Å²) in [5.41, 5.74) is 5.97. The number of nitrogens with two attached hydrogens (primary N) is 1. The molecule has 0 saturated carbocycles. The number of hydrogen-bond acceptors (Lipinski definition) is 4. The molecular weight excluding hydrogens is 256 g/mol. The van der Waals surface area contributed by atoms with E-state index < -0.39 is 0 Å². The summed E-state index contributed by atoms with van der Waals surface area (Å²) in [4.78, 5) is 27.9. The number of nitrogens with zero attached hydrogens (tertiary/aromatic N) is 2. The van der Waals surface area contributed by atoms with Gasteiger partial charge in [-0.15, -0.1) is 0 Å². The number of hydrogen-bond donors (Lipinski definition) is 2. The largest absolute Gasteiger partial charge is 0.353 e. The van der Waals surface area contributed by atoms with Crippen molar-refractivity contribution in [3.63, 3.8) is 0 Å². The maximum absolute atomic E-state index is 12.1. The highest BCUT2D eigenvalue weighted by Crippen LogP contribution is 2.24. The van der Waals surface area contributed by atoms with E-state index in [0.29, 0.717) is 13.0 Å². The SMILES string of the molecule is CCN(CC)C(=O)CC[C@@H]1CNC(=O)[C@@H]2C[C@H](N)CN12. The molecule has 2 aliphatic rings. The molecule has 2 fully saturated rings. The monoisotopic (exact) mass is 282 g/mol. The van der Waals surface area contributed by atoms with Gasteiger partial charge >= 0.3 is 0 Å². The van der Waals surface area contributed by atoms with Crippen molar-refractivity contribution in [1.82, 2.24) is 15.1 Å². The smallest absolute Gasteiger partial charge is 0.237 e. The summed E-state index contributed by atoms with van der Waals surface area (Å²) in [6.07, 6.45) is 2.06. The van der Waals surface area contributed by atoms with Crippen molar-refractivity contribution >= 4 is 11.8 Å². The quantitative estimate of drug-likeness (QED) is 0.715. The first kappa shape index (κ1) is 15.3. The molecule has 0 radical (unpaired) electrons. The minimum atomic E-state index is -0.0905. The van der Waals surface area contributed by atoms with E-state index in [9.17, 15) is 9.59 Å². The van der Waals surface area contributed by atoms with Crippen molar-refractivity contribution < 1.29 is 9.59 Å². The molecule has 3 N–H and O–H groups in total. The Morgan fingerprint density at radius 1 is 1.45 bits per heavy atom. The van der Waals surface area contributed by atoms with Crippen LogP contribution >= 0.6 is 0 Å². The molecule has 0 spiro atoms.